The van der Waals surface area contributed by atoms with E-state index in [1.54, 1.807) is 11.3 Å². The lowest BCUT2D eigenvalue weighted by molar-refractivity contribution is -0.120. The van der Waals surface area contributed by atoms with Crippen LogP contribution in [-0.2, 0) is 4.79 Å². The highest BCUT2D eigenvalue weighted by Gasteiger charge is 2.26. The van der Waals surface area contributed by atoms with Crippen molar-refractivity contribution in [2.75, 3.05) is 23.3 Å². The number of carbonyl (C=O) groups excluding carboxylic acids is 1. The SMILES string of the molecule is O=C(Nc1ccc(F)c(Cl)c1)C1CCN(c2ccc(-c3cccs3)nn2)CC1. The predicted octanol–water partition coefficient (Wildman–Crippen LogP) is 4.85. The van der Waals surface area contributed by atoms with E-state index in [4.69, 9.17) is 11.6 Å². The quantitative estimate of drug-likeness (QED) is 0.660. The monoisotopic (exact) mass is 416 g/mol. The molecule has 28 heavy (non-hydrogen) atoms. The highest BCUT2D eigenvalue weighted by molar-refractivity contribution is 7.13. The van der Waals surface area contributed by atoms with Gasteiger partial charge in [0.25, 0.3) is 0 Å². The maximum absolute atomic E-state index is 13.2. The van der Waals surface area contributed by atoms with E-state index >= 15 is 0 Å². The van der Waals surface area contributed by atoms with Gasteiger partial charge in [-0.15, -0.1) is 21.5 Å². The number of piperidine rings is 1. The van der Waals surface area contributed by atoms with Crippen LogP contribution in [0.25, 0.3) is 10.6 Å². The summed E-state index contributed by atoms with van der Waals surface area (Å²) in [6.07, 6.45) is 1.43. The third-order valence-electron chi connectivity index (χ3n) is 4.80. The molecule has 3 aromatic rings. The number of benzene rings is 1. The summed E-state index contributed by atoms with van der Waals surface area (Å²) in [6.45, 7) is 1.46. The van der Waals surface area contributed by atoms with Crippen molar-refractivity contribution in [1.29, 1.82) is 0 Å². The minimum absolute atomic E-state index is 0.00260. The summed E-state index contributed by atoms with van der Waals surface area (Å²) < 4.78 is 13.2. The first-order valence-electron chi connectivity index (χ1n) is 8.98. The molecule has 1 N–H and O–H groups in total. The Morgan fingerprint density at radius 3 is 2.64 bits per heavy atom. The number of thiophene rings is 1. The Labute approximate surface area is 171 Å². The molecule has 1 fully saturated rings. The van der Waals surface area contributed by atoms with Gasteiger partial charge in [-0.25, -0.2) is 4.39 Å². The van der Waals surface area contributed by atoms with Gasteiger partial charge in [-0.2, -0.15) is 0 Å². The van der Waals surface area contributed by atoms with E-state index in [1.165, 1.54) is 18.2 Å². The van der Waals surface area contributed by atoms with Crippen molar-refractivity contribution >= 4 is 40.4 Å². The van der Waals surface area contributed by atoms with Crippen LogP contribution in [0.5, 0.6) is 0 Å². The molecule has 0 saturated carbocycles. The highest BCUT2D eigenvalue weighted by Crippen LogP contribution is 2.26. The lowest BCUT2D eigenvalue weighted by Crippen LogP contribution is -2.38. The van der Waals surface area contributed by atoms with Crippen LogP contribution < -0.4 is 10.2 Å². The first-order valence-corrected chi connectivity index (χ1v) is 10.2. The van der Waals surface area contributed by atoms with Crippen molar-refractivity contribution in [3.63, 3.8) is 0 Å². The molecular formula is C20H18ClFN4OS. The van der Waals surface area contributed by atoms with E-state index in [0.29, 0.717) is 5.69 Å². The van der Waals surface area contributed by atoms with Gasteiger partial charge in [0, 0.05) is 24.7 Å². The second-order valence-corrected chi connectivity index (χ2v) is 7.99. The third kappa shape index (κ3) is 4.15. The van der Waals surface area contributed by atoms with E-state index < -0.39 is 5.82 Å². The van der Waals surface area contributed by atoms with Crippen molar-refractivity contribution in [1.82, 2.24) is 10.2 Å². The Balaban J connectivity index is 1.33. The van der Waals surface area contributed by atoms with Gasteiger partial charge in [0.1, 0.15) is 11.5 Å². The molecule has 3 heterocycles. The standard InChI is InChI=1S/C20H18ClFN4OS/c21-15-12-14(3-4-16(15)22)23-20(27)13-7-9-26(10-8-13)19-6-5-17(24-25-19)18-2-1-11-28-18/h1-6,11-13H,7-10H2,(H,23,27). The van der Waals surface area contributed by atoms with Crippen LogP contribution in [0.1, 0.15) is 12.8 Å². The van der Waals surface area contributed by atoms with Crippen LogP contribution >= 0.6 is 22.9 Å². The Bertz CT molecular complexity index is 957. The Hall–Kier alpha value is -2.51. The predicted molar refractivity (Wildman–Crippen MR) is 110 cm³/mol. The van der Waals surface area contributed by atoms with E-state index in [1.807, 2.05) is 29.6 Å². The maximum Gasteiger partial charge on any atom is 0.227 e. The molecule has 1 amide bonds. The second-order valence-electron chi connectivity index (χ2n) is 6.63. The minimum Gasteiger partial charge on any atom is -0.355 e. The van der Waals surface area contributed by atoms with Crippen LogP contribution in [0.3, 0.4) is 0 Å². The molecule has 144 valence electrons. The molecule has 8 heteroatoms. The molecular weight excluding hydrogens is 399 g/mol. The lowest BCUT2D eigenvalue weighted by atomic mass is 9.96. The normalized spacial score (nSPS) is 14.9. The van der Waals surface area contributed by atoms with Crippen molar-refractivity contribution in [2.24, 2.45) is 5.92 Å². The van der Waals surface area contributed by atoms with Gasteiger partial charge in [0.15, 0.2) is 5.82 Å². The zero-order valence-corrected chi connectivity index (χ0v) is 16.5. The van der Waals surface area contributed by atoms with Crippen LogP contribution in [0, 0.1) is 11.7 Å². The van der Waals surface area contributed by atoms with Crippen LogP contribution in [0.4, 0.5) is 15.9 Å². The molecule has 1 aliphatic heterocycles. The van der Waals surface area contributed by atoms with E-state index in [9.17, 15) is 9.18 Å². The summed E-state index contributed by atoms with van der Waals surface area (Å²) in [5, 5.41) is 13.5. The highest BCUT2D eigenvalue weighted by atomic mass is 35.5. The van der Waals surface area contributed by atoms with E-state index in [-0.39, 0.29) is 16.8 Å². The molecule has 1 aliphatic rings. The first-order chi connectivity index (χ1) is 13.6. The van der Waals surface area contributed by atoms with E-state index in [0.717, 1.165) is 42.3 Å². The zero-order valence-electron chi connectivity index (χ0n) is 14.9. The fourth-order valence-electron chi connectivity index (χ4n) is 3.24. The number of carbonyl (C=O) groups is 1. The summed E-state index contributed by atoms with van der Waals surface area (Å²) in [4.78, 5) is 15.7. The fraction of sp³-hybridized carbons (Fsp3) is 0.250. The summed E-state index contributed by atoms with van der Waals surface area (Å²) in [6, 6.07) is 12.2. The van der Waals surface area contributed by atoms with Gasteiger partial charge in [0.2, 0.25) is 5.91 Å². The number of halogens is 2. The molecule has 0 atom stereocenters. The number of hydrogen-bond donors (Lipinski definition) is 1. The summed E-state index contributed by atoms with van der Waals surface area (Å²) >= 11 is 7.40. The molecule has 1 aromatic carbocycles. The molecule has 0 bridgehead atoms. The van der Waals surface area contributed by atoms with Gasteiger partial charge in [-0.05, 0) is 54.6 Å². The van der Waals surface area contributed by atoms with Gasteiger partial charge in [-0.3, -0.25) is 4.79 Å². The lowest BCUT2D eigenvalue weighted by Gasteiger charge is -2.31. The number of hydrogen-bond acceptors (Lipinski definition) is 5. The fourth-order valence-corrected chi connectivity index (χ4v) is 4.11. The van der Waals surface area contributed by atoms with E-state index in [2.05, 4.69) is 20.4 Å². The molecule has 4 rings (SSSR count). The van der Waals surface area contributed by atoms with Crippen LogP contribution in [-0.4, -0.2) is 29.2 Å². The van der Waals surface area contributed by atoms with Gasteiger partial charge in [-0.1, -0.05) is 17.7 Å². The molecule has 2 aromatic heterocycles. The largest absolute Gasteiger partial charge is 0.355 e. The topological polar surface area (TPSA) is 58.1 Å². The molecule has 0 spiro atoms. The molecule has 0 aliphatic carbocycles. The second kappa shape index (κ2) is 8.24. The van der Waals surface area contributed by atoms with Gasteiger partial charge >= 0.3 is 0 Å². The number of nitrogens with zero attached hydrogens (tertiary/aromatic N) is 3. The molecule has 0 radical (unpaired) electrons. The average molecular weight is 417 g/mol. The molecule has 5 nitrogen and oxygen atoms in total. The van der Waals surface area contributed by atoms with Crippen molar-refractivity contribution in [3.8, 4) is 10.6 Å². The third-order valence-corrected chi connectivity index (χ3v) is 5.98. The number of aromatic nitrogens is 2. The van der Waals surface area contributed by atoms with Crippen molar-refractivity contribution in [2.45, 2.75) is 12.8 Å². The molecule has 0 unspecified atom stereocenters. The Morgan fingerprint density at radius 2 is 2.00 bits per heavy atom. The van der Waals surface area contributed by atoms with Crippen molar-refractivity contribution < 1.29 is 9.18 Å². The Morgan fingerprint density at radius 1 is 1.18 bits per heavy atom. The summed E-state index contributed by atoms with van der Waals surface area (Å²) in [5.41, 5.74) is 1.37. The summed E-state index contributed by atoms with van der Waals surface area (Å²) in [5.74, 6) is 0.156. The Kier molecular flexibility index (Phi) is 5.54. The maximum atomic E-state index is 13.2. The average Bonchev–Trinajstić information content (AvgIpc) is 3.26. The number of rotatable bonds is 4. The summed E-state index contributed by atoms with van der Waals surface area (Å²) in [7, 11) is 0. The first kappa shape index (κ1) is 18.8. The smallest absolute Gasteiger partial charge is 0.227 e. The van der Waals surface area contributed by atoms with Crippen molar-refractivity contribution in [3.05, 3.63) is 58.7 Å². The van der Waals surface area contributed by atoms with Gasteiger partial charge in [0.05, 0.1) is 9.90 Å². The number of nitrogens with one attached hydrogen (secondary N) is 1. The van der Waals surface area contributed by atoms with Gasteiger partial charge < -0.3 is 10.2 Å². The number of amides is 1. The zero-order chi connectivity index (χ0) is 19.5. The molecule has 1 saturated heterocycles. The minimum atomic E-state index is -0.501. The van der Waals surface area contributed by atoms with Crippen LogP contribution in [0.15, 0.2) is 47.8 Å². The van der Waals surface area contributed by atoms with Crippen LogP contribution in [0.2, 0.25) is 5.02 Å². The number of anilines is 2.